The van der Waals surface area contributed by atoms with Crippen LogP contribution in [0.5, 0.6) is 0 Å². The van der Waals surface area contributed by atoms with Gasteiger partial charge in [0.1, 0.15) is 6.10 Å². The van der Waals surface area contributed by atoms with E-state index in [0.717, 1.165) is 44.5 Å². The van der Waals surface area contributed by atoms with E-state index in [1.165, 1.54) is 17.5 Å². The first kappa shape index (κ1) is 17.0. The second-order valence-corrected chi connectivity index (χ2v) is 8.43. The van der Waals surface area contributed by atoms with E-state index in [1.807, 2.05) is 4.90 Å². The predicted molar refractivity (Wildman–Crippen MR) is 97.3 cm³/mol. The molecule has 2 heterocycles. The summed E-state index contributed by atoms with van der Waals surface area (Å²) in [6.45, 7) is 6.02. The SMILES string of the molecule is CC(C)CC(Br)Cc1ccc2c(c1)CCN2C(=O)C1CCCO1. The maximum absolute atomic E-state index is 12.6. The van der Waals surface area contributed by atoms with Gasteiger partial charge in [-0.25, -0.2) is 0 Å². The molecular weight excluding hydrogens is 354 g/mol. The summed E-state index contributed by atoms with van der Waals surface area (Å²) >= 11 is 3.79. The Kier molecular flexibility index (Phi) is 5.42. The molecule has 1 fully saturated rings. The molecule has 1 amide bonds. The van der Waals surface area contributed by atoms with E-state index in [1.54, 1.807) is 0 Å². The molecule has 2 unspecified atom stereocenters. The Morgan fingerprint density at radius 1 is 1.43 bits per heavy atom. The zero-order valence-corrected chi connectivity index (χ0v) is 15.6. The number of benzene rings is 1. The summed E-state index contributed by atoms with van der Waals surface area (Å²) in [6.07, 6.45) is 4.82. The molecule has 2 atom stereocenters. The number of amides is 1. The highest BCUT2D eigenvalue weighted by Gasteiger charge is 2.32. The van der Waals surface area contributed by atoms with Gasteiger partial charge < -0.3 is 9.64 Å². The van der Waals surface area contributed by atoms with Crippen LogP contribution in [0.1, 0.15) is 44.2 Å². The molecule has 23 heavy (non-hydrogen) atoms. The highest BCUT2D eigenvalue weighted by molar-refractivity contribution is 9.09. The molecule has 1 aromatic rings. The van der Waals surface area contributed by atoms with Crippen LogP contribution in [-0.2, 0) is 22.4 Å². The topological polar surface area (TPSA) is 29.5 Å². The summed E-state index contributed by atoms with van der Waals surface area (Å²) in [5.41, 5.74) is 3.75. The van der Waals surface area contributed by atoms with Crippen LogP contribution in [0.3, 0.4) is 0 Å². The first-order valence-electron chi connectivity index (χ1n) is 8.73. The van der Waals surface area contributed by atoms with E-state index in [2.05, 4.69) is 48.0 Å². The lowest BCUT2D eigenvalue weighted by Crippen LogP contribution is -2.37. The van der Waals surface area contributed by atoms with Crippen LogP contribution in [-0.4, -0.2) is 30.0 Å². The van der Waals surface area contributed by atoms with Crippen LogP contribution in [0.4, 0.5) is 5.69 Å². The molecular formula is C19H26BrNO2. The number of alkyl halides is 1. The molecule has 0 bridgehead atoms. The fraction of sp³-hybridized carbons (Fsp3) is 0.632. The largest absolute Gasteiger partial charge is 0.368 e. The number of hydrogen-bond acceptors (Lipinski definition) is 2. The van der Waals surface area contributed by atoms with E-state index in [9.17, 15) is 4.79 Å². The Hall–Kier alpha value is -0.870. The van der Waals surface area contributed by atoms with Crippen molar-refractivity contribution in [3.8, 4) is 0 Å². The van der Waals surface area contributed by atoms with Crippen molar-refractivity contribution in [1.29, 1.82) is 0 Å². The van der Waals surface area contributed by atoms with E-state index in [0.29, 0.717) is 10.7 Å². The van der Waals surface area contributed by atoms with Gasteiger partial charge in [0.25, 0.3) is 5.91 Å². The molecule has 0 spiro atoms. The average molecular weight is 380 g/mol. The Labute approximate surface area is 147 Å². The lowest BCUT2D eigenvalue weighted by Gasteiger charge is -2.21. The Bertz CT molecular complexity index is 566. The minimum atomic E-state index is -0.224. The van der Waals surface area contributed by atoms with Crippen molar-refractivity contribution in [2.45, 2.75) is 56.9 Å². The molecule has 126 valence electrons. The molecule has 4 heteroatoms. The quantitative estimate of drug-likeness (QED) is 0.720. The highest BCUT2D eigenvalue weighted by Crippen LogP contribution is 2.32. The van der Waals surface area contributed by atoms with Gasteiger partial charge >= 0.3 is 0 Å². The standard InChI is InChI=1S/C19H26BrNO2/c1-13(2)10-16(20)12-14-5-6-17-15(11-14)7-8-21(17)19(22)18-4-3-9-23-18/h5-6,11,13,16,18H,3-4,7-10,12H2,1-2H3. The van der Waals surface area contributed by atoms with Gasteiger partial charge in [0.05, 0.1) is 0 Å². The van der Waals surface area contributed by atoms with Crippen molar-refractivity contribution in [2.24, 2.45) is 5.92 Å². The summed E-state index contributed by atoms with van der Waals surface area (Å²) < 4.78 is 5.56. The zero-order valence-electron chi connectivity index (χ0n) is 14.1. The maximum atomic E-state index is 12.6. The minimum absolute atomic E-state index is 0.146. The van der Waals surface area contributed by atoms with Crippen molar-refractivity contribution >= 4 is 27.5 Å². The molecule has 3 nitrogen and oxygen atoms in total. The van der Waals surface area contributed by atoms with Crippen molar-refractivity contribution in [3.05, 3.63) is 29.3 Å². The third kappa shape index (κ3) is 3.97. The van der Waals surface area contributed by atoms with Gasteiger partial charge in [0.15, 0.2) is 0 Å². The Balaban J connectivity index is 1.68. The van der Waals surface area contributed by atoms with Crippen LogP contribution >= 0.6 is 15.9 Å². The number of hydrogen-bond donors (Lipinski definition) is 0. The maximum Gasteiger partial charge on any atom is 0.256 e. The molecule has 2 aliphatic heterocycles. The number of carbonyl (C=O) groups excluding carboxylic acids is 1. The lowest BCUT2D eigenvalue weighted by atomic mass is 10.00. The lowest BCUT2D eigenvalue weighted by molar-refractivity contribution is -0.127. The molecule has 0 N–H and O–H groups in total. The summed E-state index contributed by atoms with van der Waals surface area (Å²) in [5, 5.41) is 0. The number of carbonyl (C=O) groups is 1. The van der Waals surface area contributed by atoms with Gasteiger partial charge in [-0.15, -0.1) is 0 Å². The number of rotatable bonds is 5. The van der Waals surface area contributed by atoms with Crippen molar-refractivity contribution in [3.63, 3.8) is 0 Å². The van der Waals surface area contributed by atoms with Crippen molar-refractivity contribution in [2.75, 3.05) is 18.1 Å². The van der Waals surface area contributed by atoms with Crippen molar-refractivity contribution in [1.82, 2.24) is 0 Å². The van der Waals surface area contributed by atoms with Gasteiger partial charge in [-0.2, -0.15) is 0 Å². The van der Waals surface area contributed by atoms with Gasteiger partial charge in [-0.3, -0.25) is 4.79 Å². The molecule has 0 aromatic heterocycles. The molecule has 0 aliphatic carbocycles. The van der Waals surface area contributed by atoms with Crippen LogP contribution in [0.15, 0.2) is 18.2 Å². The highest BCUT2D eigenvalue weighted by atomic mass is 79.9. The molecule has 2 aliphatic rings. The minimum Gasteiger partial charge on any atom is -0.368 e. The van der Waals surface area contributed by atoms with Gasteiger partial charge in [0, 0.05) is 23.7 Å². The number of halogens is 1. The molecule has 0 saturated carbocycles. The monoisotopic (exact) mass is 379 g/mol. The van der Waals surface area contributed by atoms with Crippen molar-refractivity contribution < 1.29 is 9.53 Å². The number of nitrogens with zero attached hydrogens (tertiary/aromatic N) is 1. The third-order valence-electron chi connectivity index (χ3n) is 4.69. The fourth-order valence-electron chi connectivity index (χ4n) is 3.61. The first-order valence-corrected chi connectivity index (χ1v) is 9.65. The van der Waals surface area contributed by atoms with Crippen LogP contribution < -0.4 is 4.90 Å². The number of ether oxygens (including phenoxy) is 1. The number of fused-ring (bicyclic) bond motifs is 1. The van der Waals surface area contributed by atoms with Crippen LogP contribution in [0, 0.1) is 5.92 Å². The molecule has 0 radical (unpaired) electrons. The Morgan fingerprint density at radius 2 is 2.26 bits per heavy atom. The zero-order chi connectivity index (χ0) is 16.4. The van der Waals surface area contributed by atoms with E-state index >= 15 is 0 Å². The molecule has 1 saturated heterocycles. The van der Waals surface area contributed by atoms with E-state index in [4.69, 9.17) is 4.74 Å². The Morgan fingerprint density at radius 3 is 2.96 bits per heavy atom. The smallest absolute Gasteiger partial charge is 0.256 e. The van der Waals surface area contributed by atoms with E-state index < -0.39 is 0 Å². The predicted octanol–water partition coefficient (Wildman–Crippen LogP) is 4.11. The van der Waals surface area contributed by atoms with Crippen LogP contribution in [0.2, 0.25) is 0 Å². The normalized spacial score (nSPS) is 21.7. The second kappa shape index (κ2) is 7.35. The molecule has 3 rings (SSSR count). The van der Waals surface area contributed by atoms with Gasteiger partial charge in [-0.05, 0) is 55.2 Å². The second-order valence-electron chi connectivity index (χ2n) is 7.14. The summed E-state index contributed by atoms with van der Waals surface area (Å²) in [4.78, 5) is 15.0. The third-order valence-corrected chi connectivity index (χ3v) is 5.39. The summed E-state index contributed by atoms with van der Waals surface area (Å²) in [5.74, 6) is 0.848. The van der Waals surface area contributed by atoms with Crippen LogP contribution in [0.25, 0.3) is 0 Å². The summed E-state index contributed by atoms with van der Waals surface area (Å²) in [6, 6.07) is 6.58. The molecule has 1 aromatic carbocycles. The van der Waals surface area contributed by atoms with Gasteiger partial charge in [0.2, 0.25) is 0 Å². The van der Waals surface area contributed by atoms with E-state index in [-0.39, 0.29) is 12.0 Å². The van der Waals surface area contributed by atoms with Gasteiger partial charge in [-0.1, -0.05) is 41.9 Å². The summed E-state index contributed by atoms with van der Waals surface area (Å²) in [7, 11) is 0. The number of anilines is 1. The first-order chi connectivity index (χ1) is 11.0. The fourth-order valence-corrected chi connectivity index (χ4v) is 4.73. The average Bonchev–Trinajstić information content (AvgIpc) is 3.15.